The molecule has 6 heteroatoms. The highest BCUT2D eigenvalue weighted by atomic mass is 35.5. The molecule has 104 valence electrons. The van der Waals surface area contributed by atoms with E-state index >= 15 is 0 Å². The van der Waals surface area contributed by atoms with Crippen molar-refractivity contribution in [3.8, 4) is 0 Å². The van der Waals surface area contributed by atoms with E-state index in [0.29, 0.717) is 5.82 Å². The molecule has 0 fully saturated rings. The van der Waals surface area contributed by atoms with E-state index in [1.54, 1.807) is 0 Å². The molecule has 4 rings (SSSR count). The zero-order chi connectivity index (χ0) is 12.8. The number of benzene rings is 1. The standard InChI is InChI=1S/C14H15N5.ClH/c15-14-12-13(9-4-1-2-5-10(9)17-14)19-7-3-6-16-8-11(19)18-12;/h1-2,4-5,16H,3,6-8H2,(H2,15,17);1H. The summed E-state index contributed by atoms with van der Waals surface area (Å²) in [6, 6.07) is 8.12. The van der Waals surface area contributed by atoms with Crippen molar-refractivity contribution in [3.63, 3.8) is 0 Å². The fourth-order valence-electron chi connectivity index (χ4n) is 2.84. The third-order valence-corrected chi connectivity index (χ3v) is 3.71. The van der Waals surface area contributed by atoms with E-state index in [-0.39, 0.29) is 12.4 Å². The molecule has 3 heterocycles. The molecule has 0 bridgehead atoms. The van der Waals surface area contributed by atoms with Crippen molar-refractivity contribution in [1.29, 1.82) is 0 Å². The average Bonchev–Trinajstić information content (AvgIpc) is 2.64. The third kappa shape index (κ3) is 1.82. The molecule has 0 unspecified atom stereocenters. The molecule has 5 nitrogen and oxygen atoms in total. The molecule has 0 spiro atoms. The Morgan fingerprint density at radius 1 is 1.20 bits per heavy atom. The topological polar surface area (TPSA) is 68.8 Å². The Morgan fingerprint density at radius 3 is 2.95 bits per heavy atom. The van der Waals surface area contributed by atoms with Gasteiger partial charge in [-0.3, -0.25) is 0 Å². The van der Waals surface area contributed by atoms with Crippen LogP contribution in [0.15, 0.2) is 24.3 Å². The van der Waals surface area contributed by atoms with Gasteiger partial charge < -0.3 is 15.6 Å². The number of halogens is 1. The SMILES string of the molecule is Cl.Nc1nc2ccccc2c2c1nc1n2CCCNC1. The van der Waals surface area contributed by atoms with Crippen LogP contribution < -0.4 is 11.1 Å². The highest BCUT2D eigenvalue weighted by Gasteiger charge is 2.17. The minimum atomic E-state index is 0. The summed E-state index contributed by atoms with van der Waals surface area (Å²) >= 11 is 0. The summed E-state index contributed by atoms with van der Waals surface area (Å²) in [7, 11) is 0. The van der Waals surface area contributed by atoms with E-state index in [1.165, 1.54) is 0 Å². The van der Waals surface area contributed by atoms with Gasteiger partial charge in [-0.25, -0.2) is 9.97 Å². The molecule has 3 N–H and O–H groups in total. The van der Waals surface area contributed by atoms with Crippen LogP contribution in [0.3, 0.4) is 0 Å². The van der Waals surface area contributed by atoms with Crippen LogP contribution in [0.4, 0.5) is 5.82 Å². The maximum absolute atomic E-state index is 6.07. The number of aryl methyl sites for hydroxylation is 1. The lowest BCUT2D eigenvalue weighted by molar-refractivity contribution is 0.654. The van der Waals surface area contributed by atoms with Gasteiger partial charge in [-0.15, -0.1) is 12.4 Å². The van der Waals surface area contributed by atoms with E-state index in [2.05, 4.69) is 25.9 Å². The average molecular weight is 290 g/mol. The number of anilines is 1. The predicted molar refractivity (Wildman–Crippen MR) is 83.0 cm³/mol. The molecule has 1 aliphatic rings. The number of nitrogens with one attached hydrogen (secondary N) is 1. The molecule has 0 amide bonds. The van der Waals surface area contributed by atoms with Crippen molar-refractivity contribution >= 4 is 40.2 Å². The first kappa shape index (κ1) is 13.1. The summed E-state index contributed by atoms with van der Waals surface area (Å²) in [5.41, 5.74) is 8.96. The number of rotatable bonds is 0. The molecule has 0 atom stereocenters. The second-order valence-electron chi connectivity index (χ2n) is 4.92. The fraction of sp³-hybridized carbons (Fsp3) is 0.286. The largest absolute Gasteiger partial charge is 0.382 e. The Bertz CT molecular complexity index is 780. The maximum Gasteiger partial charge on any atom is 0.152 e. The quantitative estimate of drug-likeness (QED) is 0.665. The molecule has 0 saturated heterocycles. The van der Waals surface area contributed by atoms with Crippen LogP contribution in [-0.2, 0) is 13.1 Å². The van der Waals surface area contributed by atoms with Crippen molar-refractivity contribution in [2.45, 2.75) is 19.5 Å². The highest BCUT2D eigenvalue weighted by Crippen LogP contribution is 2.29. The lowest BCUT2D eigenvalue weighted by Gasteiger charge is -2.07. The number of fused-ring (bicyclic) bond motifs is 5. The van der Waals surface area contributed by atoms with Crippen molar-refractivity contribution < 1.29 is 0 Å². The van der Waals surface area contributed by atoms with Gasteiger partial charge in [-0.05, 0) is 19.0 Å². The number of nitrogens with zero attached hydrogens (tertiary/aromatic N) is 3. The van der Waals surface area contributed by atoms with Gasteiger partial charge in [0, 0.05) is 11.9 Å². The molecule has 1 aromatic carbocycles. The van der Waals surface area contributed by atoms with E-state index in [4.69, 9.17) is 5.73 Å². The first-order valence-corrected chi connectivity index (χ1v) is 6.58. The summed E-state index contributed by atoms with van der Waals surface area (Å²) in [5, 5.41) is 4.52. The Labute approximate surface area is 122 Å². The fourth-order valence-corrected chi connectivity index (χ4v) is 2.84. The number of imidazole rings is 1. The van der Waals surface area contributed by atoms with E-state index in [1.807, 2.05) is 18.2 Å². The van der Waals surface area contributed by atoms with Gasteiger partial charge in [0.15, 0.2) is 5.82 Å². The van der Waals surface area contributed by atoms with Gasteiger partial charge in [0.2, 0.25) is 0 Å². The predicted octanol–water partition coefficient (Wildman–Crippen LogP) is 2.08. The molecule has 0 radical (unpaired) electrons. The van der Waals surface area contributed by atoms with Crippen LogP contribution in [0.1, 0.15) is 12.2 Å². The minimum Gasteiger partial charge on any atom is -0.382 e. The summed E-state index contributed by atoms with van der Waals surface area (Å²) in [4.78, 5) is 9.13. The molecule has 1 aliphatic heterocycles. The monoisotopic (exact) mass is 289 g/mol. The Balaban J connectivity index is 0.00000121. The van der Waals surface area contributed by atoms with E-state index < -0.39 is 0 Å². The van der Waals surface area contributed by atoms with E-state index in [9.17, 15) is 0 Å². The van der Waals surface area contributed by atoms with Gasteiger partial charge in [0.05, 0.1) is 17.6 Å². The Morgan fingerprint density at radius 2 is 2.05 bits per heavy atom. The summed E-state index contributed by atoms with van der Waals surface area (Å²) in [6.07, 6.45) is 1.11. The smallest absolute Gasteiger partial charge is 0.152 e. The first-order chi connectivity index (χ1) is 9.34. The number of aromatic nitrogens is 3. The lowest BCUT2D eigenvalue weighted by atomic mass is 10.2. The zero-order valence-corrected chi connectivity index (χ0v) is 11.8. The third-order valence-electron chi connectivity index (χ3n) is 3.71. The van der Waals surface area contributed by atoms with Gasteiger partial charge in [-0.1, -0.05) is 18.2 Å². The van der Waals surface area contributed by atoms with Crippen LogP contribution in [-0.4, -0.2) is 21.1 Å². The van der Waals surface area contributed by atoms with Gasteiger partial charge in [-0.2, -0.15) is 0 Å². The van der Waals surface area contributed by atoms with E-state index in [0.717, 1.165) is 53.8 Å². The molecule has 2 aromatic heterocycles. The summed E-state index contributed by atoms with van der Waals surface area (Å²) in [6.45, 7) is 2.80. The van der Waals surface area contributed by atoms with Gasteiger partial charge in [0.25, 0.3) is 0 Å². The van der Waals surface area contributed by atoms with Crippen LogP contribution in [0, 0.1) is 0 Å². The number of nitrogens with two attached hydrogens (primary N) is 1. The van der Waals surface area contributed by atoms with Crippen molar-refractivity contribution in [2.24, 2.45) is 0 Å². The number of para-hydroxylation sites is 1. The normalized spacial score (nSPS) is 14.8. The van der Waals surface area contributed by atoms with Crippen molar-refractivity contribution in [3.05, 3.63) is 30.1 Å². The lowest BCUT2D eigenvalue weighted by Crippen LogP contribution is -2.12. The van der Waals surface area contributed by atoms with Gasteiger partial charge in [0.1, 0.15) is 11.3 Å². The number of hydrogen-bond donors (Lipinski definition) is 2. The molecule has 20 heavy (non-hydrogen) atoms. The maximum atomic E-state index is 6.07. The minimum absolute atomic E-state index is 0. The van der Waals surface area contributed by atoms with Crippen molar-refractivity contribution in [2.75, 3.05) is 12.3 Å². The number of hydrogen-bond acceptors (Lipinski definition) is 4. The molecular weight excluding hydrogens is 274 g/mol. The molecule has 0 aliphatic carbocycles. The highest BCUT2D eigenvalue weighted by molar-refractivity contribution is 6.06. The molecule has 3 aromatic rings. The van der Waals surface area contributed by atoms with Crippen LogP contribution in [0.25, 0.3) is 21.9 Å². The summed E-state index contributed by atoms with van der Waals surface area (Å²) in [5.74, 6) is 1.58. The zero-order valence-electron chi connectivity index (χ0n) is 11.0. The second-order valence-corrected chi connectivity index (χ2v) is 4.92. The van der Waals surface area contributed by atoms with Crippen LogP contribution in [0.2, 0.25) is 0 Å². The molecule has 0 saturated carbocycles. The first-order valence-electron chi connectivity index (χ1n) is 6.58. The number of pyridine rings is 1. The second kappa shape index (κ2) is 4.92. The molecular formula is C14H16ClN5. The van der Waals surface area contributed by atoms with Gasteiger partial charge >= 0.3 is 0 Å². The Hall–Kier alpha value is -1.85. The number of nitrogen functional groups attached to an aromatic ring is 1. The van der Waals surface area contributed by atoms with Crippen LogP contribution >= 0.6 is 12.4 Å². The van der Waals surface area contributed by atoms with Crippen LogP contribution in [0.5, 0.6) is 0 Å². The Kier molecular flexibility index (Phi) is 3.23. The summed E-state index contributed by atoms with van der Waals surface area (Å²) < 4.78 is 2.29. The van der Waals surface area contributed by atoms with Crippen molar-refractivity contribution in [1.82, 2.24) is 19.9 Å².